The van der Waals surface area contributed by atoms with Crippen LogP contribution in [0.1, 0.15) is 57.2 Å². The number of rotatable bonds is 12. The van der Waals surface area contributed by atoms with Gasteiger partial charge >= 0.3 is 0 Å². The summed E-state index contributed by atoms with van der Waals surface area (Å²) in [5, 5.41) is 3.93. The van der Waals surface area contributed by atoms with Crippen molar-refractivity contribution in [1.82, 2.24) is 0 Å². The second-order valence-corrected chi connectivity index (χ2v) is 6.21. The standard InChI is InChI=1S/C21H33NO3/c1-7-12-23-20-15-17(6)21(19(9-3)18(20)8-2)24-13-10-11-14-25-22-16(4)5/h7,15H,1,8-14H2,2-6H3. The van der Waals surface area contributed by atoms with Crippen LogP contribution in [0.25, 0.3) is 0 Å². The highest BCUT2D eigenvalue weighted by Crippen LogP contribution is 2.35. The molecule has 4 heteroatoms. The summed E-state index contributed by atoms with van der Waals surface area (Å²) in [6, 6.07) is 2.08. The number of ether oxygens (including phenoxy) is 2. The molecule has 0 aliphatic carbocycles. The van der Waals surface area contributed by atoms with E-state index in [1.807, 2.05) is 13.8 Å². The molecule has 0 atom stereocenters. The Balaban J connectivity index is 2.72. The lowest BCUT2D eigenvalue weighted by Crippen LogP contribution is -2.07. The van der Waals surface area contributed by atoms with Gasteiger partial charge in [-0.05, 0) is 58.1 Å². The fraction of sp³-hybridized carbons (Fsp3) is 0.571. The number of unbranched alkanes of at least 4 members (excludes halogenated alkanes) is 1. The predicted molar refractivity (Wildman–Crippen MR) is 105 cm³/mol. The van der Waals surface area contributed by atoms with Crippen LogP contribution in [0.5, 0.6) is 11.5 Å². The number of oxime groups is 1. The highest BCUT2D eigenvalue weighted by atomic mass is 16.6. The second-order valence-electron chi connectivity index (χ2n) is 6.21. The molecule has 0 saturated carbocycles. The average molecular weight is 347 g/mol. The third-order valence-electron chi connectivity index (χ3n) is 3.83. The Morgan fingerprint density at radius 1 is 1.08 bits per heavy atom. The second kappa shape index (κ2) is 11.6. The SMILES string of the molecule is C=CCOc1cc(C)c(OCCCCON=C(C)C)c(CC)c1CC. The van der Waals surface area contributed by atoms with Gasteiger partial charge in [0.05, 0.1) is 12.3 Å². The molecule has 0 aliphatic rings. The van der Waals surface area contributed by atoms with Crippen molar-refractivity contribution in [2.45, 2.75) is 60.3 Å². The Kier molecular flexibility index (Phi) is 9.75. The molecular weight excluding hydrogens is 314 g/mol. The molecule has 0 aliphatic heterocycles. The van der Waals surface area contributed by atoms with Gasteiger partial charge < -0.3 is 14.3 Å². The van der Waals surface area contributed by atoms with Gasteiger partial charge in [0, 0.05) is 11.1 Å². The summed E-state index contributed by atoms with van der Waals surface area (Å²) in [6.45, 7) is 15.8. The zero-order chi connectivity index (χ0) is 18.7. The van der Waals surface area contributed by atoms with E-state index in [4.69, 9.17) is 14.3 Å². The third-order valence-corrected chi connectivity index (χ3v) is 3.83. The van der Waals surface area contributed by atoms with E-state index in [0.29, 0.717) is 19.8 Å². The maximum Gasteiger partial charge on any atom is 0.125 e. The van der Waals surface area contributed by atoms with Crippen molar-refractivity contribution in [2.24, 2.45) is 5.16 Å². The molecule has 0 amide bonds. The molecule has 1 aromatic rings. The van der Waals surface area contributed by atoms with E-state index in [-0.39, 0.29) is 0 Å². The van der Waals surface area contributed by atoms with E-state index in [0.717, 1.165) is 48.5 Å². The molecule has 0 spiro atoms. The molecule has 0 fully saturated rings. The molecule has 140 valence electrons. The molecule has 0 bridgehead atoms. The van der Waals surface area contributed by atoms with Crippen LogP contribution < -0.4 is 9.47 Å². The summed E-state index contributed by atoms with van der Waals surface area (Å²) in [6.07, 6.45) is 5.50. The van der Waals surface area contributed by atoms with Gasteiger partial charge in [0.15, 0.2) is 0 Å². The molecule has 0 unspecified atom stereocenters. The van der Waals surface area contributed by atoms with Gasteiger partial charge in [-0.1, -0.05) is 31.7 Å². The van der Waals surface area contributed by atoms with Gasteiger partial charge in [-0.15, -0.1) is 0 Å². The molecular formula is C21H33NO3. The lowest BCUT2D eigenvalue weighted by atomic mass is 9.97. The molecule has 1 rings (SSSR count). The van der Waals surface area contributed by atoms with Crippen LogP contribution in [0.4, 0.5) is 0 Å². The van der Waals surface area contributed by atoms with Gasteiger partial charge in [-0.3, -0.25) is 0 Å². The molecule has 1 aromatic carbocycles. The highest BCUT2D eigenvalue weighted by molar-refractivity contribution is 5.78. The first-order valence-electron chi connectivity index (χ1n) is 9.20. The van der Waals surface area contributed by atoms with Gasteiger partial charge in [-0.25, -0.2) is 0 Å². The lowest BCUT2D eigenvalue weighted by molar-refractivity contribution is 0.135. The van der Waals surface area contributed by atoms with Crippen LogP contribution in [-0.4, -0.2) is 25.5 Å². The topological polar surface area (TPSA) is 40.0 Å². The van der Waals surface area contributed by atoms with E-state index >= 15 is 0 Å². The summed E-state index contributed by atoms with van der Waals surface area (Å²) in [5.74, 6) is 1.96. The fourth-order valence-electron chi connectivity index (χ4n) is 2.73. The summed E-state index contributed by atoms with van der Waals surface area (Å²) >= 11 is 0. The molecule has 0 radical (unpaired) electrons. The minimum Gasteiger partial charge on any atom is -0.493 e. The number of hydrogen-bond acceptors (Lipinski definition) is 4. The number of aryl methyl sites for hydroxylation is 1. The van der Waals surface area contributed by atoms with Gasteiger partial charge in [0.1, 0.15) is 24.7 Å². The van der Waals surface area contributed by atoms with Crippen LogP contribution in [0.15, 0.2) is 23.9 Å². The minimum absolute atomic E-state index is 0.523. The first-order valence-corrected chi connectivity index (χ1v) is 9.20. The van der Waals surface area contributed by atoms with E-state index in [2.05, 4.69) is 38.6 Å². The maximum atomic E-state index is 6.12. The number of benzene rings is 1. The van der Waals surface area contributed by atoms with E-state index < -0.39 is 0 Å². The van der Waals surface area contributed by atoms with Crippen molar-refractivity contribution in [3.05, 3.63) is 35.4 Å². The van der Waals surface area contributed by atoms with Crippen molar-refractivity contribution >= 4 is 5.71 Å². The van der Waals surface area contributed by atoms with Crippen molar-refractivity contribution in [2.75, 3.05) is 19.8 Å². The zero-order valence-corrected chi connectivity index (χ0v) is 16.5. The van der Waals surface area contributed by atoms with Crippen LogP contribution in [0, 0.1) is 6.92 Å². The summed E-state index contributed by atoms with van der Waals surface area (Å²) in [5.41, 5.74) is 4.55. The van der Waals surface area contributed by atoms with Crippen LogP contribution in [0.2, 0.25) is 0 Å². The smallest absolute Gasteiger partial charge is 0.125 e. The van der Waals surface area contributed by atoms with Crippen LogP contribution in [0.3, 0.4) is 0 Å². The summed E-state index contributed by atoms with van der Waals surface area (Å²) in [7, 11) is 0. The Morgan fingerprint density at radius 3 is 2.36 bits per heavy atom. The average Bonchev–Trinajstić information content (AvgIpc) is 2.59. The Labute approximate surface area is 152 Å². The fourth-order valence-corrected chi connectivity index (χ4v) is 2.73. The maximum absolute atomic E-state index is 6.12. The van der Waals surface area contributed by atoms with Crippen molar-refractivity contribution in [3.8, 4) is 11.5 Å². The Bertz CT molecular complexity index is 575. The summed E-state index contributed by atoms with van der Waals surface area (Å²) in [4.78, 5) is 5.21. The molecule has 25 heavy (non-hydrogen) atoms. The first kappa shape index (κ1) is 21.1. The van der Waals surface area contributed by atoms with Crippen molar-refractivity contribution in [1.29, 1.82) is 0 Å². The van der Waals surface area contributed by atoms with E-state index in [9.17, 15) is 0 Å². The van der Waals surface area contributed by atoms with Gasteiger partial charge in [0.2, 0.25) is 0 Å². The molecule has 4 nitrogen and oxygen atoms in total. The lowest BCUT2D eigenvalue weighted by Gasteiger charge is -2.20. The van der Waals surface area contributed by atoms with E-state index in [1.54, 1.807) is 6.08 Å². The number of nitrogens with zero attached hydrogens (tertiary/aromatic N) is 1. The van der Waals surface area contributed by atoms with Gasteiger partial charge in [-0.2, -0.15) is 0 Å². The third kappa shape index (κ3) is 6.81. The van der Waals surface area contributed by atoms with Gasteiger partial charge in [0.25, 0.3) is 0 Å². The molecule has 0 N–H and O–H groups in total. The van der Waals surface area contributed by atoms with Crippen molar-refractivity contribution in [3.63, 3.8) is 0 Å². The monoisotopic (exact) mass is 347 g/mol. The molecule has 0 aromatic heterocycles. The quantitative estimate of drug-likeness (QED) is 0.224. The minimum atomic E-state index is 0.523. The van der Waals surface area contributed by atoms with Crippen LogP contribution >= 0.6 is 0 Å². The zero-order valence-electron chi connectivity index (χ0n) is 16.5. The normalized spacial score (nSPS) is 10.3. The predicted octanol–water partition coefficient (Wildman–Crippen LogP) is 5.26. The Hall–Kier alpha value is -1.97. The first-order chi connectivity index (χ1) is 12.0. The molecule has 0 saturated heterocycles. The highest BCUT2D eigenvalue weighted by Gasteiger charge is 2.16. The Morgan fingerprint density at radius 2 is 1.76 bits per heavy atom. The van der Waals surface area contributed by atoms with E-state index in [1.165, 1.54) is 11.1 Å². The number of hydrogen-bond donors (Lipinski definition) is 0. The summed E-state index contributed by atoms with van der Waals surface area (Å²) < 4.78 is 12.0. The van der Waals surface area contributed by atoms with Crippen LogP contribution in [-0.2, 0) is 17.7 Å². The molecule has 0 heterocycles. The largest absolute Gasteiger partial charge is 0.493 e. The van der Waals surface area contributed by atoms with Crippen molar-refractivity contribution < 1.29 is 14.3 Å².